The SMILES string of the molecule is O=C(N/N=C/c1cc(Br)cc(Br)c1OC(=O)c1ccccc1I)c1cncc(Br)c1. The number of benzene rings is 2. The van der Waals surface area contributed by atoms with Crippen LogP contribution < -0.4 is 10.2 Å². The molecule has 6 nitrogen and oxygen atoms in total. The number of hydrazone groups is 1. The number of amides is 1. The highest BCUT2D eigenvalue weighted by Crippen LogP contribution is 2.33. The Bertz CT molecular complexity index is 1160. The molecule has 0 saturated carbocycles. The number of carbonyl (C=O) groups is 2. The molecule has 0 spiro atoms. The van der Waals surface area contributed by atoms with Crippen molar-refractivity contribution in [3.8, 4) is 5.75 Å². The average Bonchev–Trinajstić information content (AvgIpc) is 2.70. The Morgan fingerprint density at radius 1 is 1.07 bits per heavy atom. The number of nitrogens with zero attached hydrogens (tertiary/aromatic N) is 2. The lowest BCUT2D eigenvalue weighted by molar-refractivity contribution is 0.0731. The fraction of sp³-hybridized carbons (Fsp3) is 0. The Morgan fingerprint density at radius 3 is 2.57 bits per heavy atom. The van der Waals surface area contributed by atoms with Crippen LogP contribution in [0.5, 0.6) is 5.75 Å². The number of esters is 1. The van der Waals surface area contributed by atoms with E-state index in [4.69, 9.17) is 4.74 Å². The highest BCUT2D eigenvalue weighted by molar-refractivity contribution is 14.1. The van der Waals surface area contributed by atoms with Crippen LogP contribution in [-0.2, 0) is 0 Å². The fourth-order valence-electron chi connectivity index (χ4n) is 2.32. The molecule has 0 aliphatic heterocycles. The Balaban J connectivity index is 1.82. The normalized spacial score (nSPS) is 10.8. The van der Waals surface area contributed by atoms with Gasteiger partial charge in [-0.25, -0.2) is 10.2 Å². The molecular formula is C20H11Br3IN3O3. The molecule has 1 N–H and O–H groups in total. The van der Waals surface area contributed by atoms with E-state index >= 15 is 0 Å². The summed E-state index contributed by atoms with van der Waals surface area (Å²) in [6.45, 7) is 0. The number of hydrogen-bond acceptors (Lipinski definition) is 5. The molecule has 0 radical (unpaired) electrons. The second-order valence-electron chi connectivity index (χ2n) is 5.77. The molecule has 0 fully saturated rings. The number of aromatic nitrogens is 1. The van der Waals surface area contributed by atoms with Crippen LogP contribution in [0.1, 0.15) is 26.3 Å². The summed E-state index contributed by atoms with van der Waals surface area (Å²) in [7, 11) is 0. The lowest BCUT2D eigenvalue weighted by Crippen LogP contribution is -2.18. The summed E-state index contributed by atoms with van der Waals surface area (Å²) >= 11 is 12.2. The first-order chi connectivity index (χ1) is 14.3. The second kappa shape index (κ2) is 10.6. The van der Waals surface area contributed by atoms with Crippen LogP contribution in [0.3, 0.4) is 0 Å². The largest absolute Gasteiger partial charge is 0.421 e. The summed E-state index contributed by atoms with van der Waals surface area (Å²) in [5.41, 5.74) is 3.72. The number of rotatable bonds is 5. The number of ether oxygens (including phenoxy) is 1. The van der Waals surface area contributed by atoms with Crippen LogP contribution in [0.4, 0.5) is 0 Å². The highest BCUT2D eigenvalue weighted by Gasteiger charge is 2.17. The maximum absolute atomic E-state index is 12.6. The number of carbonyl (C=O) groups excluding carboxylic acids is 2. The Labute approximate surface area is 211 Å². The van der Waals surface area contributed by atoms with E-state index in [2.05, 4.69) is 85.9 Å². The van der Waals surface area contributed by atoms with Gasteiger partial charge in [-0.05, 0) is 84.8 Å². The zero-order chi connectivity index (χ0) is 21.7. The van der Waals surface area contributed by atoms with Gasteiger partial charge < -0.3 is 4.74 Å². The van der Waals surface area contributed by atoms with E-state index in [0.717, 1.165) is 8.04 Å². The molecule has 0 atom stereocenters. The van der Waals surface area contributed by atoms with Gasteiger partial charge in [0.05, 0.1) is 21.8 Å². The van der Waals surface area contributed by atoms with Crippen LogP contribution in [0.2, 0.25) is 0 Å². The van der Waals surface area contributed by atoms with E-state index in [1.165, 1.54) is 12.4 Å². The van der Waals surface area contributed by atoms with Gasteiger partial charge in [0.2, 0.25) is 0 Å². The minimum absolute atomic E-state index is 0.282. The molecule has 3 rings (SSSR count). The third-order valence-electron chi connectivity index (χ3n) is 3.66. The maximum atomic E-state index is 12.6. The van der Waals surface area contributed by atoms with Gasteiger partial charge in [-0.15, -0.1) is 0 Å². The first kappa shape index (κ1) is 23.0. The van der Waals surface area contributed by atoms with Crippen molar-refractivity contribution >= 4 is 88.5 Å². The first-order valence-electron chi connectivity index (χ1n) is 8.25. The van der Waals surface area contributed by atoms with E-state index < -0.39 is 11.9 Å². The molecule has 30 heavy (non-hydrogen) atoms. The Morgan fingerprint density at radius 2 is 1.83 bits per heavy atom. The summed E-state index contributed by atoms with van der Waals surface area (Å²) in [5.74, 6) is -0.640. The van der Waals surface area contributed by atoms with E-state index in [0.29, 0.717) is 25.6 Å². The number of nitrogens with one attached hydrogen (secondary N) is 1. The third kappa shape index (κ3) is 5.96. The minimum atomic E-state index is -0.498. The summed E-state index contributed by atoms with van der Waals surface area (Å²) in [6, 6.07) is 12.2. The van der Waals surface area contributed by atoms with Gasteiger partial charge in [0.15, 0.2) is 5.75 Å². The van der Waals surface area contributed by atoms with Crippen LogP contribution >= 0.6 is 70.4 Å². The molecular weight excluding hydrogens is 697 g/mol. The molecule has 152 valence electrons. The van der Waals surface area contributed by atoms with Gasteiger partial charge in [-0.2, -0.15) is 5.10 Å². The molecule has 1 amide bonds. The second-order valence-corrected chi connectivity index (χ2v) is 9.61. The zero-order valence-corrected chi connectivity index (χ0v) is 21.8. The predicted molar refractivity (Wildman–Crippen MR) is 133 cm³/mol. The minimum Gasteiger partial charge on any atom is -0.421 e. The average molecular weight is 708 g/mol. The molecule has 1 heterocycles. The van der Waals surface area contributed by atoms with Crippen molar-refractivity contribution in [1.82, 2.24) is 10.4 Å². The zero-order valence-electron chi connectivity index (χ0n) is 14.9. The summed E-state index contributed by atoms with van der Waals surface area (Å²) in [4.78, 5) is 28.8. The lowest BCUT2D eigenvalue weighted by atomic mass is 10.2. The molecule has 2 aromatic carbocycles. The van der Waals surface area contributed by atoms with Gasteiger partial charge in [-0.3, -0.25) is 9.78 Å². The molecule has 0 saturated heterocycles. The molecule has 0 aliphatic rings. The van der Waals surface area contributed by atoms with Crippen molar-refractivity contribution in [1.29, 1.82) is 0 Å². The standard InChI is InChI=1S/C20H11Br3IN3O3/c21-13-5-11(9-26-27-19(28)12-6-14(22)10-25-8-12)18(16(23)7-13)30-20(29)15-3-1-2-4-17(15)24/h1-10H,(H,27,28)/b26-9+. The Kier molecular flexibility index (Phi) is 8.14. The summed E-state index contributed by atoms with van der Waals surface area (Å²) in [5, 5.41) is 3.99. The van der Waals surface area contributed by atoms with Crippen LogP contribution in [0, 0.1) is 3.57 Å². The number of pyridine rings is 1. The van der Waals surface area contributed by atoms with Crippen LogP contribution in [0.15, 0.2) is 73.4 Å². The van der Waals surface area contributed by atoms with Crippen molar-refractivity contribution in [2.75, 3.05) is 0 Å². The maximum Gasteiger partial charge on any atom is 0.344 e. The smallest absolute Gasteiger partial charge is 0.344 e. The van der Waals surface area contributed by atoms with E-state index in [9.17, 15) is 9.59 Å². The van der Waals surface area contributed by atoms with Gasteiger partial charge in [0, 0.05) is 30.5 Å². The monoisotopic (exact) mass is 705 g/mol. The van der Waals surface area contributed by atoms with Gasteiger partial charge in [0.25, 0.3) is 5.91 Å². The van der Waals surface area contributed by atoms with Gasteiger partial charge in [-0.1, -0.05) is 28.1 Å². The molecule has 10 heteroatoms. The number of hydrogen-bond donors (Lipinski definition) is 1. The Hall–Kier alpha value is -1.63. The fourth-order valence-corrected chi connectivity index (χ4v) is 4.63. The van der Waals surface area contributed by atoms with Gasteiger partial charge in [0.1, 0.15) is 0 Å². The van der Waals surface area contributed by atoms with Crippen molar-refractivity contribution in [2.24, 2.45) is 5.10 Å². The molecule has 0 aliphatic carbocycles. The van der Waals surface area contributed by atoms with Crippen molar-refractivity contribution < 1.29 is 14.3 Å². The van der Waals surface area contributed by atoms with Crippen LogP contribution in [0.25, 0.3) is 0 Å². The first-order valence-corrected chi connectivity index (χ1v) is 11.7. The highest BCUT2D eigenvalue weighted by atomic mass is 127. The van der Waals surface area contributed by atoms with Crippen molar-refractivity contribution in [2.45, 2.75) is 0 Å². The van der Waals surface area contributed by atoms with E-state index in [1.54, 1.807) is 36.5 Å². The molecule has 1 aromatic heterocycles. The van der Waals surface area contributed by atoms with Gasteiger partial charge >= 0.3 is 5.97 Å². The predicted octanol–water partition coefficient (Wildman–Crippen LogP) is 5.96. The topological polar surface area (TPSA) is 80.6 Å². The molecule has 0 unspecified atom stereocenters. The van der Waals surface area contributed by atoms with E-state index in [-0.39, 0.29) is 5.75 Å². The van der Waals surface area contributed by atoms with Crippen molar-refractivity contribution in [3.05, 3.63) is 88.5 Å². The van der Waals surface area contributed by atoms with E-state index in [1.807, 2.05) is 12.1 Å². The molecule has 0 bridgehead atoms. The van der Waals surface area contributed by atoms with Crippen molar-refractivity contribution in [3.63, 3.8) is 0 Å². The third-order valence-corrected chi connectivity index (χ3v) is 6.08. The van der Waals surface area contributed by atoms with Crippen LogP contribution in [-0.4, -0.2) is 23.1 Å². The summed E-state index contributed by atoms with van der Waals surface area (Å²) in [6.07, 6.45) is 4.41. The molecule has 3 aromatic rings. The number of halogens is 4. The quantitative estimate of drug-likeness (QED) is 0.117. The lowest BCUT2D eigenvalue weighted by Gasteiger charge is -2.11. The summed E-state index contributed by atoms with van der Waals surface area (Å²) < 4.78 is 8.38.